The average Bonchev–Trinajstić information content (AvgIpc) is 3.72. The fraction of sp³-hybridized carbons (Fsp3) is 0.896. The molecule has 0 bridgehead atoms. The van der Waals surface area contributed by atoms with Crippen LogP contribution in [0.25, 0.3) is 0 Å². The van der Waals surface area contributed by atoms with Gasteiger partial charge in [-0.15, -0.1) is 11.3 Å². The number of unbranched alkanes of at least 4 members (excludes halogenated alkanes) is 24. The Morgan fingerprint density at radius 3 is 1.54 bits per heavy atom. The first-order chi connectivity index (χ1) is 27.6. The molecule has 0 saturated heterocycles. The van der Waals surface area contributed by atoms with Gasteiger partial charge in [0.2, 0.25) is 0 Å². The Balaban J connectivity index is 2.26. The van der Waals surface area contributed by atoms with Crippen molar-refractivity contribution in [2.24, 2.45) is 0 Å². The first-order valence-electron chi connectivity index (χ1n) is 24.3. The van der Waals surface area contributed by atoms with Crippen molar-refractivity contribution in [3.8, 4) is 0 Å². The molecule has 0 aliphatic carbocycles. The summed E-state index contributed by atoms with van der Waals surface area (Å²) in [5.41, 5.74) is 0. The first kappa shape index (κ1) is 52.3. The van der Waals surface area contributed by atoms with Gasteiger partial charge in [-0.25, -0.2) is 4.98 Å². The Hall–Kier alpha value is -1.67. The molecule has 7 nitrogen and oxygen atoms in total. The van der Waals surface area contributed by atoms with Crippen LogP contribution >= 0.6 is 11.3 Å². The lowest BCUT2D eigenvalue weighted by Crippen LogP contribution is -2.28. The largest absolute Gasteiger partial charge is 0.466 e. The van der Waals surface area contributed by atoms with E-state index in [-0.39, 0.29) is 18.0 Å². The Bertz CT molecular complexity index is 946. The maximum Gasteiger partial charge on any atom is 0.306 e. The number of hydrogen-bond acceptors (Lipinski definition) is 8. The SMILES string of the molecule is CCCCCCCCCOC(=O)CCCCCCCN(CCCCCCCC(=O)OC(CCCCCCCC)CCCCCCCC)CCCNc1nccs1. The second-order valence-electron chi connectivity index (χ2n) is 16.6. The molecule has 0 aromatic carbocycles. The number of rotatable bonds is 44. The van der Waals surface area contributed by atoms with E-state index in [1.165, 1.54) is 154 Å². The molecule has 8 heteroatoms. The maximum atomic E-state index is 12.8. The molecule has 1 heterocycles. The lowest BCUT2D eigenvalue weighted by atomic mass is 10.0. The Morgan fingerprint density at radius 2 is 1.02 bits per heavy atom. The van der Waals surface area contributed by atoms with Crippen molar-refractivity contribution < 1.29 is 19.1 Å². The lowest BCUT2D eigenvalue weighted by molar-refractivity contribution is -0.150. The van der Waals surface area contributed by atoms with Crippen LogP contribution in [0.4, 0.5) is 5.13 Å². The Labute approximate surface area is 351 Å². The van der Waals surface area contributed by atoms with Crippen LogP contribution < -0.4 is 5.32 Å². The molecular weight excluding hydrogens is 715 g/mol. The predicted molar refractivity (Wildman–Crippen MR) is 242 cm³/mol. The molecule has 0 unspecified atom stereocenters. The summed E-state index contributed by atoms with van der Waals surface area (Å²) < 4.78 is 11.5. The molecule has 0 radical (unpaired) electrons. The van der Waals surface area contributed by atoms with E-state index in [4.69, 9.17) is 9.47 Å². The lowest BCUT2D eigenvalue weighted by Gasteiger charge is -2.22. The number of thiazole rings is 1. The van der Waals surface area contributed by atoms with E-state index in [0.29, 0.717) is 19.4 Å². The van der Waals surface area contributed by atoms with E-state index in [0.717, 1.165) is 82.7 Å². The number of esters is 2. The van der Waals surface area contributed by atoms with Crippen molar-refractivity contribution in [3.05, 3.63) is 11.6 Å². The number of carbonyl (C=O) groups is 2. The second kappa shape index (κ2) is 41.5. The summed E-state index contributed by atoms with van der Waals surface area (Å²) >= 11 is 1.66. The van der Waals surface area contributed by atoms with Gasteiger partial charge in [-0.3, -0.25) is 9.59 Å². The van der Waals surface area contributed by atoms with Crippen LogP contribution in [0.5, 0.6) is 0 Å². The molecule has 1 aromatic heterocycles. The summed E-state index contributed by atoms with van der Waals surface area (Å²) in [5, 5.41) is 6.49. The molecule has 328 valence electrons. The number of ether oxygens (including phenoxy) is 2. The summed E-state index contributed by atoms with van der Waals surface area (Å²) in [5.74, 6) is 0.0166. The van der Waals surface area contributed by atoms with Crippen LogP contribution in [0.3, 0.4) is 0 Å². The minimum atomic E-state index is -0.0142. The number of aromatic nitrogens is 1. The van der Waals surface area contributed by atoms with Gasteiger partial charge in [0.15, 0.2) is 5.13 Å². The molecule has 0 saturated carbocycles. The van der Waals surface area contributed by atoms with Crippen LogP contribution in [0.2, 0.25) is 0 Å². The molecule has 0 atom stereocenters. The molecule has 0 aliphatic rings. The topological polar surface area (TPSA) is 80.8 Å². The van der Waals surface area contributed by atoms with E-state index in [1.54, 1.807) is 11.3 Å². The smallest absolute Gasteiger partial charge is 0.306 e. The normalized spacial score (nSPS) is 11.5. The van der Waals surface area contributed by atoms with E-state index >= 15 is 0 Å². The van der Waals surface area contributed by atoms with Crippen LogP contribution in [0.15, 0.2) is 11.6 Å². The highest BCUT2D eigenvalue weighted by molar-refractivity contribution is 7.13. The van der Waals surface area contributed by atoms with Crippen molar-refractivity contribution in [3.63, 3.8) is 0 Å². The van der Waals surface area contributed by atoms with Crippen molar-refractivity contribution >= 4 is 28.4 Å². The van der Waals surface area contributed by atoms with Gasteiger partial charge in [0.25, 0.3) is 0 Å². The van der Waals surface area contributed by atoms with Crippen molar-refractivity contribution in [2.45, 2.75) is 245 Å². The van der Waals surface area contributed by atoms with Gasteiger partial charge >= 0.3 is 11.9 Å². The molecular formula is C48H91N3O4S. The molecule has 1 rings (SSSR count). The average molecular weight is 806 g/mol. The van der Waals surface area contributed by atoms with E-state index in [2.05, 4.69) is 36.0 Å². The van der Waals surface area contributed by atoms with Gasteiger partial charge in [-0.05, 0) is 83.8 Å². The molecule has 0 aliphatic heterocycles. The van der Waals surface area contributed by atoms with E-state index in [1.807, 2.05) is 11.6 Å². The van der Waals surface area contributed by atoms with Gasteiger partial charge in [0.1, 0.15) is 6.10 Å². The Kier molecular flexibility index (Phi) is 38.8. The summed E-state index contributed by atoms with van der Waals surface area (Å²) in [6, 6.07) is 0. The second-order valence-corrected chi connectivity index (χ2v) is 17.5. The zero-order valence-electron chi connectivity index (χ0n) is 37.2. The molecule has 1 N–H and O–H groups in total. The van der Waals surface area contributed by atoms with Crippen molar-refractivity contribution in [1.29, 1.82) is 0 Å². The maximum absolute atomic E-state index is 12.8. The van der Waals surface area contributed by atoms with Crippen LogP contribution in [-0.2, 0) is 19.1 Å². The molecule has 0 amide bonds. The third-order valence-electron chi connectivity index (χ3n) is 11.1. The van der Waals surface area contributed by atoms with Gasteiger partial charge in [-0.2, -0.15) is 0 Å². The first-order valence-corrected chi connectivity index (χ1v) is 25.2. The summed E-state index contributed by atoms with van der Waals surface area (Å²) in [7, 11) is 0. The quantitative estimate of drug-likeness (QED) is 0.0519. The standard InChI is InChI=1S/C48H91N3O4S/c1-4-7-10-13-16-25-32-43-54-46(52)36-28-21-17-23-30-40-51(42-33-38-49-48-50-39-44-56-48)41-31-24-18-22-29-37-47(53)55-45(34-26-19-14-11-8-5-2)35-27-20-15-12-9-6-3/h39,44-45H,4-38,40-43H2,1-3H3,(H,49,50). The van der Waals surface area contributed by atoms with Crippen LogP contribution in [0.1, 0.15) is 239 Å². The van der Waals surface area contributed by atoms with Gasteiger partial charge in [0.05, 0.1) is 6.61 Å². The Morgan fingerprint density at radius 1 is 0.571 bits per heavy atom. The number of anilines is 1. The molecule has 56 heavy (non-hydrogen) atoms. The predicted octanol–water partition coefficient (Wildman–Crippen LogP) is 14.6. The summed E-state index contributed by atoms with van der Waals surface area (Å²) in [6.45, 7) is 11.7. The van der Waals surface area contributed by atoms with Crippen molar-refractivity contribution in [2.75, 3.05) is 38.1 Å². The fourth-order valence-corrected chi connectivity index (χ4v) is 8.10. The highest BCUT2D eigenvalue weighted by Gasteiger charge is 2.14. The van der Waals surface area contributed by atoms with Crippen LogP contribution in [0, 0.1) is 0 Å². The van der Waals surface area contributed by atoms with E-state index in [9.17, 15) is 9.59 Å². The van der Waals surface area contributed by atoms with Crippen LogP contribution in [-0.4, -0.2) is 60.7 Å². The monoisotopic (exact) mass is 806 g/mol. The summed E-state index contributed by atoms with van der Waals surface area (Å²) in [6.07, 6.45) is 41.8. The third-order valence-corrected chi connectivity index (χ3v) is 11.9. The fourth-order valence-electron chi connectivity index (χ4n) is 7.54. The third kappa shape index (κ3) is 35.5. The van der Waals surface area contributed by atoms with Gasteiger partial charge in [0, 0.05) is 31.0 Å². The molecule has 1 aromatic rings. The zero-order valence-corrected chi connectivity index (χ0v) is 38.1. The summed E-state index contributed by atoms with van der Waals surface area (Å²) in [4.78, 5) is 31.9. The number of nitrogens with one attached hydrogen (secondary N) is 1. The minimum absolute atomic E-state index is 0.0142. The number of hydrogen-bond donors (Lipinski definition) is 1. The van der Waals surface area contributed by atoms with Crippen molar-refractivity contribution in [1.82, 2.24) is 9.88 Å². The molecule has 0 spiro atoms. The highest BCUT2D eigenvalue weighted by Crippen LogP contribution is 2.19. The number of nitrogens with zero attached hydrogens (tertiary/aromatic N) is 2. The zero-order chi connectivity index (χ0) is 40.4. The van der Waals surface area contributed by atoms with Gasteiger partial charge in [-0.1, -0.05) is 162 Å². The number of carbonyl (C=O) groups excluding carboxylic acids is 2. The molecule has 0 fully saturated rings. The highest BCUT2D eigenvalue weighted by atomic mass is 32.1. The van der Waals surface area contributed by atoms with Gasteiger partial charge < -0.3 is 19.7 Å². The minimum Gasteiger partial charge on any atom is -0.466 e. The van der Waals surface area contributed by atoms with E-state index < -0.39 is 0 Å².